The molecule has 0 atom stereocenters. The van der Waals surface area contributed by atoms with Crippen LogP contribution in [0.3, 0.4) is 0 Å². The summed E-state index contributed by atoms with van der Waals surface area (Å²) in [6.07, 6.45) is 0. The van der Waals surface area contributed by atoms with Crippen molar-refractivity contribution in [2.45, 2.75) is 0 Å². The highest BCUT2D eigenvalue weighted by atomic mass is 15.0. The molecular formula is C64H38N4. The van der Waals surface area contributed by atoms with E-state index in [1.807, 2.05) is 12.1 Å². The second-order valence-corrected chi connectivity index (χ2v) is 18.1. The van der Waals surface area contributed by atoms with Gasteiger partial charge in [-0.05, 0) is 133 Å². The van der Waals surface area contributed by atoms with E-state index < -0.39 is 0 Å². The van der Waals surface area contributed by atoms with Gasteiger partial charge in [0.1, 0.15) is 0 Å². The van der Waals surface area contributed by atoms with Gasteiger partial charge in [0.25, 0.3) is 0 Å². The second-order valence-electron chi connectivity index (χ2n) is 18.1. The first kappa shape index (κ1) is 37.1. The van der Waals surface area contributed by atoms with Crippen LogP contribution in [-0.2, 0) is 0 Å². The van der Waals surface area contributed by atoms with Crippen LogP contribution in [0.25, 0.3) is 142 Å². The smallest absolute Gasteiger partial charge is 0.0973 e. The van der Waals surface area contributed by atoms with Crippen LogP contribution in [0.1, 0.15) is 0 Å². The zero-order valence-corrected chi connectivity index (χ0v) is 36.7. The van der Waals surface area contributed by atoms with Gasteiger partial charge < -0.3 is 9.13 Å². The van der Waals surface area contributed by atoms with Gasteiger partial charge in [-0.25, -0.2) is 9.97 Å². The lowest BCUT2D eigenvalue weighted by atomic mass is 9.92. The Morgan fingerprint density at radius 3 is 1.26 bits per heavy atom. The minimum absolute atomic E-state index is 0.858. The molecular weight excluding hydrogens is 825 g/mol. The lowest BCUT2D eigenvalue weighted by Gasteiger charge is -2.15. The topological polar surface area (TPSA) is 35.6 Å². The highest BCUT2D eigenvalue weighted by molar-refractivity contribution is 6.26. The van der Waals surface area contributed by atoms with Gasteiger partial charge in [-0.3, -0.25) is 0 Å². The second kappa shape index (κ2) is 14.2. The number of nitrogens with zero attached hydrogens (tertiary/aromatic N) is 4. The van der Waals surface area contributed by atoms with E-state index in [2.05, 4.69) is 228 Å². The molecule has 0 saturated heterocycles. The Morgan fingerprint density at radius 1 is 0.235 bits per heavy atom. The van der Waals surface area contributed by atoms with E-state index in [0.717, 1.165) is 50.4 Å². The van der Waals surface area contributed by atoms with Crippen molar-refractivity contribution in [3.05, 3.63) is 231 Å². The Morgan fingerprint density at radius 2 is 0.647 bits per heavy atom. The van der Waals surface area contributed by atoms with Gasteiger partial charge in [0.05, 0.1) is 44.5 Å². The van der Waals surface area contributed by atoms with Crippen LogP contribution in [0.15, 0.2) is 231 Å². The summed E-state index contributed by atoms with van der Waals surface area (Å²) in [4.78, 5) is 10.7. The van der Waals surface area contributed by atoms with E-state index in [0.29, 0.717) is 0 Å². The minimum atomic E-state index is 0.858. The predicted molar refractivity (Wildman–Crippen MR) is 287 cm³/mol. The lowest BCUT2D eigenvalue weighted by Crippen LogP contribution is -1.98. The molecule has 4 nitrogen and oxygen atoms in total. The predicted octanol–water partition coefficient (Wildman–Crippen LogP) is 16.9. The molecule has 0 saturated carbocycles. The molecule has 0 aliphatic rings. The molecule has 68 heavy (non-hydrogen) atoms. The van der Waals surface area contributed by atoms with Crippen LogP contribution in [0.2, 0.25) is 0 Å². The number of aromatic nitrogens is 4. The molecule has 0 bridgehead atoms. The summed E-state index contributed by atoms with van der Waals surface area (Å²) >= 11 is 0. The molecule has 3 heterocycles. The van der Waals surface area contributed by atoms with Crippen molar-refractivity contribution < 1.29 is 0 Å². The first-order valence-corrected chi connectivity index (χ1v) is 23.3. The van der Waals surface area contributed by atoms with Crippen LogP contribution < -0.4 is 0 Å². The average molecular weight is 863 g/mol. The van der Waals surface area contributed by atoms with E-state index in [9.17, 15) is 0 Å². The lowest BCUT2D eigenvalue weighted by molar-refractivity contribution is 1.17. The van der Waals surface area contributed by atoms with Crippen molar-refractivity contribution in [3.8, 4) is 33.9 Å². The highest BCUT2D eigenvalue weighted by Crippen LogP contribution is 2.42. The molecule has 15 rings (SSSR count). The van der Waals surface area contributed by atoms with E-state index in [1.165, 1.54) is 92.0 Å². The molecule has 12 aromatic carbocycles. The maximum atomic E-state index is 5.37. The fourth-order valence-corrected chi connectivity index (χ4v) is 11.3. The molecule has 3 aromatic heterocycles. The fourth-order valence-electron chi connectivity index (χ4n) is 11.3. The summed E-state index contributed by atoms with van der Waals surface area (Å²) in [7, 11) is 0. The zero-order chi connectivity index (χ0) is 44.5. The van der Waals surface area contributed by atoms with E-state index in [4.69, 9.17) is 9.97 Å². The number of para-hydroxylation sites is 3. The summed E-state index contributed by atoms with van der Waals surface area (Å²) in [6, 6.07) is 84.0. The molecule has 0 amide bonds. The van der Waals surface area contributed by atoms with Gasteiger partial charge in [0, 0.05) is 44.0 Å². The van der Waals surface area contributed by atoms with Crippen molar-refractivity contribution in [2.75, 3.05) is 0 Å². The van der Waals surface area contributed by atoms with E-state index in [-0.39, 0.29) is 0 Å². The maximum Gasteiger partial charge on any atom is 0.0973 e. The van der Waals surface area contributed by atoms with Crippen LogP contribution in [0, 0.1) is 0 Å². The quantitative estimate of drug-likeness (QED) is 0.165. The van der Waals surface area contributed by atoms with Crippen LogP contribution >= 0.6 is 0 Å². The molecule has 0 fully saturated rings. The van der Waals surface area contributed by atoms with Crippen LogP contribution in [0.4, 0.5) is 0 Å². The van der Waals surface area contributed by atoms with Crippen molar-refractivity contribution >= 4 is 109 Å². The van der Waals surface area contributed by atoms with Gasteiger partial charge in [0.2, 0.25) is 0 Å². The molecule has 0 spiro atoms. The summed E-state index contributed by atoms with van der Waals surface area (Å²) in [5.41, 5.74) is 12.5. The summed E-state index contributed by atoms with van der Waals surface area (Å²) in [5, 5.41) is 17.3. The third-order valence-corrected chi connectivity index (χ3v) is 14.4. The molecule has 0 N–H and O–H groups in total. The largest absolute Gasteiger partial charge is 0.309 e. The van der Waals surface area contributed by atoms with E-state index >= 15 is 0 Å². The van der Waals surface area contributed by atoms with Crippen LogP contribution in [0.5, 0.6) is 0 Å². The third kappa shape index (κ3) is 5.43. The fraction of sp³-hybridized carbons (Fsp3) is 0. The van der Waals surface area contributed by atoms with Gasteiger partial charge in [-0.1, -0.05) is 152 Å². The normalized spacial score (nSPS) is 12.1. The van der Waals surface area contributed by atoms with E-state index in [1.54, 1.807) is 0 Å². The Hall–Kier alpha value is -9.12. The first-order chi connectivity index (χ1) is 33.7. The molecule has 0 aliphatic carbocycles. The number of benzene rings is 12. The van der Waals surface area contributed by atoms with Crippen LogP contribution in [-0.4, -0.2) is 19.1 Å². The van der Waals surface area contributed by atoms with Crippen molar-refractivity contribution in [1.82, 2.24) is 19.1 Å². The number of fused-ring (bicyclic) bond motifs is 15. The maximum absolute atomic E-state index is 5.37. The van der Waals surface area contributed by atoms with Gasteiger partial charge in [-0.15, -0.1) is 0 Å². The number of hydrogen-bond donors (Lipinski definition) is 0. The molecule has 0 unspecified atom stereocenters. The van der Waals surface area contributed by atoms with Gasteiger partial charge in [-0.2, -0.15) is 0 Å². The van der Waals surface area contributed by atoms with Crippen molar-refractivity contribution in [1.29, 1.82) is 0 Å². The zero-order valence-electron chi connectivity index (χ0n) is 36.7. The molecule has 0 radical (unpaired) electrons. The Kier molecular flexibility index (Phi) is 7.75. The van der Waals surface area contributed by atoms with Crippen molar-refractivity contribution in [3.63, 3.8) is 0 Å². The Balaban J connectivity index is 0.918. The Labute approximate surface area is 390 Å². The highest BCUT2D eigenvalue weighted by Gasteiger charge is 2.20. The Bertz CT molecular complexity index is 4580. The van der Waals surface area contributed by atoms with Gasteiger partial charge in [0.15, 0.2) is 0 Å². The number of hydrogen-bond acceptors (Lipinski definition) is 2. The first-order valence-electron chi connectivity index (χ1n) is 23.3. The number of rotatable bonds is 4. The summed E-state index contributed by atoms with van der Waals surface area (Å²) < 4.78 is 4.87. The summed E-state index contributed by atoms with van der Waals surface area (Å²) in [6.45, 7) is 0. The third-order valence-electron chi connectivity index (χ3n) is 14.4. The molecule has 0 aliphatic heterocycles. The standard InChI is InChI=1S/C64H38N4/c1-3-15-42-36-61-54(33-40(42)13-1)52-21-9-12-24-59(52)68(61)46-30-32-60-56(38-46)55-34-41-14-2-4-16-43(41)37-62(55)67(60)45-28-25-39(26-29-45)63-64(66-58-23-11-10-22-57(58)65-63)44-27-31-51-49-19-6-5-17-47(49)48-18-7-8-20-50(48)53(51)35-44/h1-38H. The van der Waals surface area contributed by atoms with Crippen molar-refractivity contribution in [2.24, 2.45) is 0 Å². The summed E-state index contributed by atoms with van der Waals surface area (Å²) in [5.74, 6) is 0. The SMILES string of the molecule is c1ccc2cc3c(cc2c1)c1ccccc1n3-c1ccc2c(c1)c1cc3ccccc3cc1n2-c1ccc(-c2nc3ccccc3nc2-c2ccc3c4ccccc4c4ccccc4c3c2)cc1. The average Bonchev–Trinajstić information content (AvgIpc) is 3.90. The molecule has 15 aromatic rings. The van der Waals surface area contributed by atoms with Gasteiger partial charge >= 0.3 is 0 Å². The molecule has 314 valence electrons. The minimum Gasteiger partial charge on any atom is -0.309 e. The molecule has 4 heteroatoms. The monoisotopic (exact) mass is 862 g/mol.